The van der Waals surface area contributed by atoms with E-state index in [-0.39, 0.29) is 22.6 Å². The number of nitrogens with one attached hydrogen (secondary N) is 1. The van der Waals surface area contributed by atoms with Crippen LogP contribution in [0.1, 0.15) is 6.92 Å². The van der Waals surface area contributed by atoms with Gasteiger partial charge >= 0.3 is 6.18 Å². The fourth-order valence-corrected chi connectivity index (χ4v) is 2.58. The maximum atomic E-state index is 12.8. The summed E-state index contributed by atoms with van der Waals surface area (Å²) in [5, 5.41) is 10.2. The van der Waals surface area contributed by atoms with Gasteiger partial charge in [-0.15, -0.1) is 10.2 Å². The SMILES string of the molecule is CCNC(=O)CSc1nnc(-c2ccncc2)n1CC(F)(F)F. The minimum Gasteiger partial charge on any atom is -0.356 e. The molecule has 0 saturated heterocycles. The molecule has 0 unspecified atom stereocenters. The van der Waals surface area contributed by atoms with E-state index in [1.165, 1.54) is 12.4 Å². The lowest BCUT2D eigenvalue weighted by atomic mass is 10.2. The largest absolute Gasteiger partial charge is 0.406 e. The molecule has 2 rings (SSSR count). The molecule has 0 saturated carbocycles. The summed E-state index contributed by atoms with van der Waals surface area (Å²) in [5.41, 5.74) is 0.474. The minimum atomic E-state index is -4.43. The fourth-order valence-electron chi connectivity index (χ4n) is 1.81. The Morgan fingerprint density at radius 1 is 1.30 bits per heavy atom. The molecule has 0 aliphatic heterocycles. The van der Waals surface area contributed by atoms with Gasteiger partial charge in [-0.3, -0.25) is 14.3 Å². The first-order valence-electron chi connectivity index (χ1n) is 6.70. The number of thioether (sulfide) groups is 1. The van der Waals surface area contributed by atoms with Gasteiger partial charge in [0.1, 0.15) is 6.54 Å². The molecule has 0 aromatic carbocycles. The van der Waals surface area contributed by atoms with Crippen molar-refractivity contribution >= 4 is 17.7 Å². The van der Waals surface area contributed by atoms with Crippen LogP contribution >= 0.6 is 11.8 Å². The van der Waals surface area contributed by atoms with Gasteiger partial charge in [0.2, 0.25) is 5.91 Å². The van der Waals surface area contributed by atoms with Gasteiger partial charge in [-0.25, -0.2) is 0 Å². The van der Waals surface area contributed by atoms with Crippen LogP contribution in [0.5, 0.6) is 0 Å². The second-order valence-corrected chi connectivity index (χ2v) is 5.43. The zero-order valence-corrected chi connectivity index (χ0v) is 13.0. The summed E-state index contributed by atoms with van der Waals surface area (Å²) in [6.45, 7) is 0.989. The van der Waals surface area contributed by atoms with Gasteiger partial charge in [-0.05, 0) is 19.1 Å². The molecule has 1 amide bonds. The third kappa shape index (κ3) is 4.95. The number of hydrogen-bond acceptors (Lipinski definition) is 5. The van der Waals surface area contributed by atoms with Crippen LogP contribution in [0.15, 0.2) is 29.7 Å². The number of nitrogens with zero attached hydrogens (tertiary/aromatic N) is 4. The average Bonchev–Trinajstić information content (AvgIpc) is 2.87. The highest BCUT2D eigenvalue weighted by atomic mass is 32.2. The lowest BCUT2D eigenvalue weighted by Gasteiger charge is -2.12. The number of rotatable bonds is 6. The fraction of sp³-hybridized carbons (Fsp3) is 0.385. The predicted molar refractivity (Wildman–Crippen MR) is 78.7 cm³/mol. The number of pyridine rings is 1. The first kappa shape index (κ1) is 17.3. The molecule has 6 nitrogen and oxygen atoms in total. The quantitative estimate of drug-likeness (QED) is 0.812. The van der Waals surface area contributed by atoms with E-state index >= 15 is 0 Å². The third-order valence-corrected chi connectivity index (χ3v) is 3.67. The zero-order chi connectivity index (χ0) is 16.9. The van der Waals surface area contributed by atoms with Crippen LogP contribution in [0.4, 0.5) is 13.2 Å². The number of alkyl halides is 3. The lowest BCUT2D eigenvalue weighted by molar-refractivity contribution is -0.141. The number of carbonyl (C=O) groups excluding carboxylic acids is 1. The van der Waals surface area contributed by atoms with Gasteiger partial charge in [0, 0.05) is 24.5 Å². The molecule has 0 atom stereocenters. The Labute approximate surface area is 134 Å². The van der Waals surface area contributed by atoms with Gasteiger partial charge in [0.05, 0.1) is 5.75 Å². The molecule has 124 valence electrons. The average molecular weight is 345 g/mol. The summed E-state index contributed by atoms with van der Waals surface area (Å²) in [6.07, 6.45) is -1.50. The standard InChI is InChI=1S/C13H14F3N5OS/c1-2-18-10(22)7-23-12-20-19-11(9-3-5-17-6-4-9)21(12)8-13(14,15)16/h3-6H,2,7-8H2,1H3,(H,18,22). The van der Waals surface area contributed by atoms with Crippen molar-refractivity contribution < 1.29 is 18.0 Å². The molecular formula is C13H14F3N5OS. The number of halogens is 3. The third-order valence-electron chi connectivity index (χ3n) is 2.70. The first-order chi connectivity index (χ1) is 10.9. The lowest BCUT2D eigenvalue weighted by Crippen LogP contribution is -2.25. The molecule has 0 fully saturated rings. The highest BCUT2D eigenvalue weighted by Gasteiger charge is 2.31. The summed E-state index contributed by atoms with van der Waals surface area (Å²) in [5.74, 6) is -0.215. The number of hydrogen-bond donors (Lipinski definition) is 1. The van der Waals surface area contributed by atoms with E-state index in [9.17, 15) is 18.0 Å². The van der Waals surface area contributed by atoms with E-state index in [4.69, 9.17) is 0 Å². The summed E-state index contributed by atoms with van der Waals surface area (Å²) < 4.78 is 39.5. The monoisotopic (exact) mass is 345 g/mol. The maximum Gasteiger partial charge on any atom is 0.406 e. The Balaban J connectivity index is 2.28. The van der Waals surface area contributed by atoms with Crippen molar-refractivity contribution in [2.75, 3.05) is 12.3 Å². The summed E-state index contributed by atoms with van der Waals surface area (Å²) in [7, 11) is 0. The van der Waals surface area contributed by atoms with Crippen LogP contribution in [0.25, 0.3) is 11.4 Å². The topological polar surface area (TPSA) is 72.7 Å². The Kier molecular flexibility index (Phi) is 5.59. The Hall–Kier alpha value is -2.10. The molecule has 0 aliphatic carbocycles. The Bertz CT molecular complexity index is 659. The van der Waals surface area contributed by atoms with E-state index in [0.29, 0.717) is 12.1 Å². The second-order valence-electron chi connectivity index (χ2n) is 4.49. The van der Waals surface area contributed by atoms with Crippen LogP contribution in [-0.2, 0) is 11.3 Å². The number of amides is 1. The van der Waals surface area contributed by atoms with Gasteiger partial charge in [-0.2, -0.15) is 13.2 Å². The molecule has 1 N–H and O–H groups in total. The van der Waals surface area contributed by atoms with Crippen LogP contribution in [0.3, 0.4) is 0 Å². The molecular weight excluding hydrogens is 331 g/mol. The van der Waals surface area contributed by atoms with E-state index < -0.39 is 12.7 Å². The van der Waals surface area contributed by atoms with Gasteiger partial charge in [0.15, 0.2) is 11.0 Å². The van der Waals surface area contributed by atoms with Crippen LogP contribution in [-0.4, -0.2) is 44.1 Å². The molecule has 0 radical (unpaired) electrons. The maximum absolute atomic E-state index is 12.8. The Morgan fingerprint density at radius 2 is 2.00 bits per heavy atom. The summed E-state index contributed by atoms with van der Waals surface area (Å²) in [6, 6.07) is 3.10. The van der Waals surface area contributed by atoms with Crippen molar-refractivity contribution in [1.29, 1.82) is 0 Å². The Morgan fingerprint density at radius 3 is 2.61 bits per heavy atom. The van der Waals surface area contributed by atoms with Gasteiger partial charge in [-0.1, -0.05) is 11.8 Å². The molecule has 0 spiro atoms. The van der Waals surface area contributed by atoms with Gasteiger partial charge in [0.25, 0.3) is 0 Å². The zero-order valence-electron chi connectivity index (χ0n) is 12.2. The van der Waals surface area contributed by atoms with E-state index in [2.05, 4.69) is 20.5 Å². The van der Waals surface area contributed by atoms with Crippen molar-refractivity contribution in [3.63, 3.8) is 0 Å². The molecule has 0 aliphatic rings. The smallest absolute Gasteiger partial charge is 0.356 e. The molecule has 23 heavy (non-hydrogen) atoms. The molecule has 10 heteroatoms. The van der Waals surface area contributed by atoms with E-state index in [0.717, 1.165) is 16.3 Å². The first-order valence-corrected chi connectivity index (χ1v) is 7.69. The van der Waals surface area contributed by atoms with Crippen molar-refractivity contribution in [3.05, 3.63) is 24.5 Å². The predicted octanol–water partition coefficient (Wildman–Crippen LogP) is 2.13. The van der Waals surface area contributed by atoms with Crippen molar-refractivity contribution in [2.24, 2.45) is 0 Å². The molecule has 2 aromatic rings. The highest BCUT2D eigenvalue weighted by Crippen LogP contribution is 2.28. The van der Waals surface area contributed by atoms with Crippen molar-refractivity contribution in [3.8, 4) is 11.4 Å². The van der Waals surface area contributed by atoms with Gasteiger partial charge < -0.3 is 5.32 Å². The normalized spacial score (nSPS) is 11.5. The molecule has 2 heterocycles. The summed E-state index contributed by atoms with van der Waals surface area (Å²) in [4.78, 5) is 15.3. The number of aromatic nitrogens is 4. The van der Waals surface area contributed by atoms with Crippen LogP contribution < -0.4 is 5.32 Å². The number of carbonyl (C=O) groups is 1. The van der Waals surface area contributed by atoms with Crippen molar-refractivity contribution in [1.82, 2.24) is 25.1 Å². The highest BCUT2D eigenvalue weighted by molar-refractivity contribution is 7.99. The van der Waals surface area contributed by atoms with E-state index in [1.807, 2.05) is 0 Å². The summed E-state index contributed by atoms with van der Waals surface area (Å²) >= 11 is 0.913. The van der Waals surface area contributed by atoms with Crippen LogP contribution in [0, 0.1) is 0 Å². The second kappa shape index (κ2) is 7.44. The van der Waals surface area contributed by atoms with Crippen molar-refractivity contribution in [2.45, 2.75) is 24.8 Å². The molecule has 2 aromatic heterocycles. The van der Waals surface area contributed by atoms with E-state index in [1.54, 1.807) is 19.1 Å². The molecule has 0 bridgehead atoms. The van der Waals surface area contributed by atoms with Crippen LogP contribution in [0.2, 0.25) is 0 Å². The minimum absolute atomic E-state index is 0.0276.